The third-order valence-electron chi connectivity index (χ3n) is 5.18. The molecule has 0 saturated carbocycles. The summed E-state index contributed by atoms with van der Waals surface area (Å²) in [4.78, 5) is 16.3. The molecule has 1 N–H and O–H groups in total. The second-order valence-electron chi connectivity index (χ2n) is 8.55. The molecular weight excluding hydrogens is 364 g/mol. The summed E-state index contributed by atoms with van der Waals surface area (Å²) in [5.74, 6) is -0.249. The Morgan fingerprint density at radius 2 is 1.90 bits per heavy atom. The number of ether oxygens (including phenoxy) is 1. The zero-order chi connectivity index (χ0) is 20.6. The van der Waals surface area contributed by atoms with Gasteiger partial charge in [0.25, 0.3) is 0 Å². The standard InChI is InChI=1S/C24H26N2O3/c1-24(2,3)29-23(28)12-16-8-10-17(11-9-16)22(27)13-20-18-6-4-5-7-19(18)21-14-25-15-26(20)21/h4-11,14-15,20,22,27H,12-13H2,1-3H3. The van der Waals surface area contributed by atoms with Gasteiger partial charge in [0.15, 0.2) is 0 Å². The highest BCUT2D eigenvalue weighted by Gasteiger charge is 2.30. The maximum absolute atomic E-state index is 12.0. The number of fused-ring (bicyclic) bond motifs is 3. The Labute approximate surface area is 171 Å². The van der Waals surface area contributed by atoms with Crippen LogP contribution in [0.1, 0.15) is 56.0 Å². The highest BCUT2D eigenvalue weighted by molar-refractivity contribution is 5.73. The molecule has 0 aliphatic carbocycles. The summed E-state index contributed by atoms with van der Waals surface area (Å²) in [5, 5.41) is 10.9. The molecule has 0 amide bonds. The lowest BCUT2D eigenvalue weighted by Crippen LogP contribution is -2.24. The molecule has 29 heavy (non-hydrogen) atoms. The maximum Gasteiger partial charge on any atom is 0.310 e. The molecular formula is C24H26N2O3. The van der Waals surface area contributed by atoms with Crippen molar-refractivity contribution in [2.24, 2.45) is 0 Å². The Kier molecular flexibility index (Phi) is 5.01. The van der Waals surface area contributed by atoms with Crippen LogP contribution in [0.5, 0.6) is 0 Å². The maximum atomic E-state index is 12.0. The normalized spacial score (nSPS) is 16.2. The first-order valence-electron chi connectivity index (χ1n) is 9.92. The second kappa shape index (κ2) is 7.48. The van der Waals surface area contributed by atoms with Crippen LogP contribution in [-0.2, 0) is 16.0 Å². The van der Waals surface area contributed by atoms with Crippen LogP contribution >= 0.6 is 0 Å². The van der Waals surface area contributed by atoms with Crippen LogP contribution < -0.4 is 0 Å². The number of nitrogens with zero attached hydrogens (tertiary/aromatic N) is 2. The number of carbonyl (C=O) groups is 1. The van der Waals surface area contributed by atoms with Crippen molar-refractivity contribution in [1.29, 1.82) is 0 Å². The van der Waals surface area contributed by atoms with E-state index >= 15 is 0 Å². The molecule has 2 aromatic carbocycles. The topological polar surface area (TPSA) is 64.3 Å². The number of imidazole rings is 1. The summed E-state index contributed by atoms with van der Waals surface area (Å²) >= 11 is 0. The smallest absolute Gasteiger partial charge is 0.310 e. The van der Waals surface area contributed by atoms with Crippen molar-refractivity contribution in [3.05, 3.63) is 77.7 Å². The van der Waals surface area contributed by atoms with Gasteiger partial charge in [0.2, 0.25) is 0 Å². The molecule has 1 aromatic heterocycles. The second-order valence-corrected chi connectivity index (χ2v) is 8.55. The Bertz CT molecular complexity index is 1020. The zero-order valence-electron chi connectivity index (χ0n) is 17.0. The summed E-state index contributed by atoms with van der Waals surface area (Å²) in [6.07, 6.45) is 3.87. The van der Waals surface area contributed by atoms with E-state index in [0.717, 1.165) is 16.8 Å². The molecule has 0 radical (unpaired) electrons. The lowest BCUT2D eigenvalue weighted by molar-refractivity contribution is -0.153. The van der Waals surface area contributed by atoms with E-state index in [9.17, 15) is 9.90 Å². The van der Waals surface area contributed by atoms with E-state index in [1.165, 1.54) is 11.1 Å². The molecule has 2 unspecified atom stereocenters. The minimum atomic E-state index is -0.614. The fraction of sp³-hybridized carbons (Fsp3) is 0.333. The first-order valence-corrected chi connectivity index (χ1v) is 9.92. The van der Waals surface area contributed by atoms with Gasteiger partial charge < -0.3 is 14.4 Å². The first kappa shape index (κ1) is 19.4. The minimum Gasteiger partial charge on any atom is -0.460 e. The molecule has 0 bridgehead atoms. The molecule has 1 aliphatic heterocycles. The summed E-state index contributed by atoms with van der Waals surface area (Å²) < 4.78 is 7.50. The van der Waals surface area contributed by atoms with Crippen molar-refractivity contribution in [3.63, 3.8) is 0 Å². The average Bonchev–Trinajstić information content (AvgIpc) is 3.23. The van der Waals surface area contributed by atoms with Gasteiger partial charge in [-0.2, -0.15) is 0 Å². The molecule has 0 fully saturated rings. The summed E-state index contributed by atoms with van der Waals surface area (Å²) in [7, 11) is 0. The molecule has 3 aromatic rings. The zero-order valence-corrected chi connectivity index (χ0v) is 17.0. The quantitative estimate of drug-likeness (QED) is 0.653. The van der Waals surface area contributed by atoms with E-state index in [4.69, 9.17) is 4.74 Å². The number of aliphatic hydroxyl groups is 1. The van der Waals surface area contributed by atoms with Crippen molar-refractivity contribution in [2.75, 3.05) is 0 Å². The predicted octanol–water partition coefficient (Wildman–Crippen LogP) is 4.46. The van der Waals surface area contributed by atoms with Crippen molar-refractivity contribution in [1.82, 2.24) is 9.55 Å². The largest absolute Gasteiger partial charge is 0.460 e. The highest BCUT2D eigenvalue weighted by atomic mass is 16.6. The Balaban J connectivity index is 1.46. The third kappa shape index (κ3) is 4.10. The molecule has 4 rings (SSSR count). The van der Waals surface area contributed by atoms with E-state index in [1.807, 2.05) is 69.7 Å². The number of rotatable bonds is 5. The molecule has 1 aliphatic rings. The van der Waals surface area contributed by atoms with Gasteiger partial charge in [-0.05, 0) is 37.5 Å². The van der Waals surface area contributed by atoms with Gasteiger partial charge in [0.1, 0.15) is 5.60 Å². The monoisotopic (exact) mass is 390 g/mol. The number of aliphatic hydroxyl groups excluding tert-OH is 1. The van der Waals surface area contributed by atoms with E-state index in [1.54, 1.807) is 0 Å². The number of esters is 1. The van der Waals surface area contributed by atoms with E-state index in [0.29, 0.717) is 6.42 Å². The number of aromatic nitrogens is 2. The van der Waals surface area contributed by atoms with Gasteiger partial charge >= 0.3 is 5.97 Å². The number of carbonyl (C=O) groups excluding carboxylic acids is 1. The molecule has 2 atom stereocenters. The fourth-order valence-electron chi connectivity index (χ4n) is 3.92. The van der Waals surface area contributed by atoms with Crippen LogP contribution in [0.4, 0.5) is 0 Å². The summed E-state index contributed by atoms with van der Waals surface area (Å²) in [6, 6.07) is 15.9. The van der Waals surface area contributed by atoms with Gasteiger partial charge in [-0.3, -0.25) is 4.79 Å². The van der Waals surface area contributed by atoms with Gasteiger partial charge in [-0.15, -0.1) is 0 Å². The van der Waals surface area contributed by atoms with Gasteiger partial charge in [-0.1, -0.05) is 48.5 Å². The van der Waals surface area contributed by atoms with Crippen LogP contribution in [0, 0.1) is 0 Å². The van der Waals surface area contributed by atoms with Crippen LogP contribution in [0.15, 0.2) is 61.1 Å². The van der Waals surface area contributed by atoms with Crippen LogP contribution in [0.25, 0.3) is 11.3 Å². The molecule has 5 nitrogen and oxygen atoms in total. The minimum absolute atomic E-state index is 0.0557. The highest BCUT2D eigenvalue weighted by Crippen LogP contribution is 2.42. The van der Waals surface area contributed by atoms with Gasteiger partial charge in [0.05, 0.1) is 36.8 Å². The number of benzene rings is 2. The van der Waals surface area contributed by atoms with Crippen LogP contribution in [0.3, 0.4) is 0 Å². The van der Waals surface area contributed by atoms with Crippen LogP contribution in [0.2, 0.25) is 0 Å². The first-order chi connectivity index (χ1) is 13.8. The SMILES string of the molecule is CC(C)(C)OC(=O)Cc1ccc(C(O)CC2c3ccccc3-c3cncn32)cc1. The van der Waals surface area contributed by atoms with Gasteiger partial charge in [-0.25, -0.2) is 4.98 Å². The Morgan fingerprint density at radius 1 is 1.17 bits per heavy atom. The van der Waals surface area contributed by atoms with E-state index in [2.05, 4.69) is 21.7 Å². The fourth-order valence-corrected chi connectivity index (χ4v) is 3.92. The van der Waals surface area contributed by atoms with Crippen LogP contribution in [-0.4, -0.2) is 26.2 Å². The van der Waals surface area contributed by atoms with E-state index < -0.39 is 11.7 Å². The van der Waals surface area contributed by atoms with Crippen molar-refractivity contribution < 1.29 is 14.6 Å². The van der Waals surface area contributed by atoms with Crippen molar-refractivity contribution >= 4 is 5.97 Å². The molecule has 0 saturated heterocycles. The third-order valence-corrected chi connectivity index (χ3v) is 5.18. The molecule has 5 heteroatoms. The Morgan fingerprint density at radius 3 is 2.62 bits per heavy atom. The average molecular weight is 390 g/mol. The Hall–Kier alpha value is -2.92. The predicted molar refractivity (Wildman–Crippen MR) is 111 cm³/mol. The molecule has 0 spiro atoms. The van der Waals surface area contributed by atoms with E-state index in [-0.39, 0.29) is 18.4 Å². The van der Waals surface area contributed by atoms with Crippen molar-refractivity contribution in [3.8, 4) is 11.3 Å². The lowest BCUT2D eigenvalue weighted by atomic mass is 9.95. The number of hydrogen-bond donors (Lipinski definition) is 1. The summed E-state index contributed by atoms with van der Waals surface area (Å²) in [6.45, 7) is 5.58. The van der Waals surface area contributed by atoms with Crippen molar-refractivity contribution in [2.45, 2.75) is 51.4 Å². The lowest BCUT2D eigenvalue weighted by Gasteiger charge is -2.20. The number of hydrogen-bond acceptors (Lipinski definition) is 4. The molecule has 150 valence electrons. The summed E-state index contributed by atoms with van der Waals surface area (Å²) in [5.41, 5.74) is 4.70. The van der Waals surface area contributed by atoms with Gasteiger partial charge in [0, 0.05) is 12.0 Å². The molecule has 2 heterocycles.